The summed E-state index contributed by atoms with van der Waals surface area (Å²) in [6.45, 7) is 8.01. The molecule has 0 saturated carbocycles. The fourth-order valence-electron chi connectivity index (χ4n) is 3.14. The minimum absolute atomic E-state index is 0.0352. The number of sulfonamides is 1. The van der Waals surface area contributed by atoms with Crippen molar-refractivity contribution in [2.24, 2.45) is 11.1 Å². The van der Waals surface area contributed by atoms with E-state index in [1.807, 2.05) is 6.92 Å². The number of aryl methyl sites for hydroxylation is 1. The smallest absolute Gasteiger partial charge is 0.260 e. The third-order valence-corrected chi connectivity index (χ3v) is 8.15. The lowest BCUT2D eigenvalue weighted by atomic mass is 9.98. The molecule has 0 unspecified atom stereocenters. The van der Waals surface area contributed by atoms with Crippen LogP contribution in [0.25, 0.3) is 10.2 Å². The largest absolute Gasteiger partial charge is 0.325 e. The zero-order valence-corrected chi connectivity index (χ0v) is 20.7. The minimum Gasteiger partial charge on any atom is -0.325 e. The first-order valence-electron chi connectivity index (χ1n) is 10.1. The van der Waals surface area contributed by atoms with Crippen LogP contribution < -0.4 is 16.0 Å². The van der Waals surface area contributed by atoms with Crippen LogP contribution in [-0.2, 0) is 21.2 Å². The molecule has 0 aliphatic carbocycles. The Morgan fingerprint density at radius 2 is 1.94 bits per heavy atom. The molecule has 172 valence electrons. The van der Waals surface area contributed by atoms with E-state index in [1.54, 1.807) is 6.92 Å². The minimum atomic E-state index is -3.79. The number of carbonyl (C=O) groups excluding carboxylic acids is 1. The number of hydrogen-bond acceptors (Lipinski definition) is 7. The quantitative estimate of drug-likeness (QED) is 0.323. The van der Waals surface area contributed by atoms with E-state index in [2.05, 4.69) is 29.1 Å². The molecule has 2 heterocycles. The standard InChI is InChI=1S/C21H26N4O4S3/c1-5-11(2)10-16-12(3)30-20-17(16)19(27)24-21(25-20)31-13(4)18(26)23-14-6-8-15(9-7-14)32(22,28)29/h6-9,11,13H,5,10H2,1-4H3,(H,23,26)(H2,22,28,29)(H,24,25,27)/t11-,13-/m0/s1. The zero-order valence-electron chi connectivity index (χ0n) is 18.3. The second kappa shape index (κ2) is 9.74. The maximum Gasteiger partial charge on any atom is 0.260 e. The highest BCUT2D eigenvalue weighted by Crippen LogP contribution is 2.31. The molecule has 0 fully saturated rings. The van der Waals surface area contributed by atoms with E-state index in [-0.39, 0.29) is 16.4 Å². The lowest BCUT2D eigenvalue weighted by Gasteiger charge is -2.12. The van der Waals surface area contributed by atoms with Gasteiger partial charge in [-0.15, -0.1) is 11.3 Å². The van der Waals surface area contributed by atoms with Gasteiger partial charge in [-0.3, -0.25) is 9.59 Å². The lowest BCUT2D eigenvalue weighted by Crippen LogP contribution is -2.23. The first-order valence-corrected chi connectivity index (χ1v) is 13.4. The monoisotopic (exact) mass is 494 g/mol. The van der Waals surface area contributed by atoms with Crippen molar-refractivity contribution in [3.63, 3.8) is 0 Å². The van der Waals surface area contributed by atoms with Crippen LogP contribution in [0, 0.1) is 12.8 Å². The van der Waals surface area contributed by atoms with Crippen LogP contribution in [0.2, 0.25) is 0 Å². The molecule has 0 spiro atoms. The van der Waals surface area contributed by atoms with Crippen LogP contribution >= 0.6 is 23.1 Å². The summed E-state index contributed by atoms with van der Waals surface area (Å²) < 4.78 is 22.7. The van der Waals surface area contributed by atoms with Gasteiger partial charge in [0.25, 0.3) is 5.56 Å². The number of thiophene rings is 1. The lowest BCUT2D eigenvalue weighted by molar-refractivity contribution is -0.115. The Bertz CT molecular complexity index is 1300. The SMILES string of the molecule is CC[C@H](C)Cc1c(C)sc2nc(S[C@@H](C)C(=O)Nc3ccc(S(N)(=O)=O)cc3)[nH]c(=O)c12. The van der Waals surface area contributed by atoms with E-state index in [0.29, 0.717) is 27.0 Å². The highest BCUT2D eigenvalue weighted by Gasteiger charge is 2.20. The number of thioether (sulfide) groups is 1. The van der Waals surface area contributed by atoms with Gasteiger partial charge in [0.05, 0.1) is 15.5 Å². The van der Waals surface area contributed by atoms with Crippen molar-refractivity contribution in [1.29, 1.82) is 0 Å². The molecule has 0 radical (unpaired) electrons. The van der Waals surface area contributed by atoms with Crippen LogP contribution in [-0.4, -0.2) is 29.5 Å². The van der Waals surface area contributed by atoms with Crippen LogP contribution in [0.4, 0.5) is 5.69 Å². The Morgan fingerprint density at radius 3 is 2.53 bits per heavy atom. The molecule has 0 saturated heterocycles. The first kappa shape index (κ1) is 24.4. The number of rotatable bonds is 8. The number of aromatic nitrogens is 2. The Morgan fingerprint density at radius 1 is 1.28 bits per heavy atom. The molecule has 32 heavy (non-hydrogen) atoms. The number of fused-ring (bicyclic) bond motifs is 1. The van der Waals surface area contributed by atoms with Crippen molar-refractivity contribution < 1.29 is 13.2 Å². The summed E-state index contributed by atoms with van der Waals surface area (Å²) >= 11 is 2.65. The summed E-state index contributed by atoms with van der Waals surface area (Å²) in [4.78, 5) is 34.5. The molecule has 0 aliphatic rings. The summed E-state index contributed by atoms with van der Waals surface area (Å²) in [6, 6.07) is 5.58. The van der Waals surface area contributed by atoms with Gasteiger partial charge in [-0.1, -0.05) is 32.0 Å². The van der Waals surface area contributed by atoms with Crippen molar-refractivity contribution in [2.75, 3.05) is 5.32 Å². The van der Waals surface area contributed by atoms with E-state index in [4.69, 9.17) is 5.14 Å². The third-order valence-electron chi connectivity index (χ3n) is 5.20. The Hall–Kier alpha value is -2.21. The van der Waals surface area contributed by atoms with Gasteiger partial charge in [-0.25, -0.2) is 18.5 Å². The van der Waals surface area contributed by atoms with E-state index >= 15 is 0 Å². The van der Waals surface area contributed by atoms with Gasteiger partial charge < -0.3 is 10.3 Å². The Balaban J connectivity index is 1.75. The first-order chi connectivity index (χ1) is 15.0. The van der Waals surface area contributed by atoms with Crippen molar-refractivity contribution >= 4 is 54.9 Å². The topological polar surface area (TPSA) is 135 Å². The predicted molar refractivity (Wildman–Crippen MR) is 130 cm³/mol. The van der Waals surface area contributed by atoms with Crippen LogP contribution in [0.3, 0.4) is 0 Å². The average molecular weight is 495 g/mol. The average Bonchev–Trinajstić information content (AvgIpc) is 3.02. The molecule has 3 aromatic rings. The molecular weight excluding hydrogens is 468 g/mol. The Labute approximate surface area is 195 Å². The van der Waals surface area contributed by atoms with Crippen LogP contribution in [0.15, 0.2) is 39.1 Å². The Kier molecular flexibility index (Phi) is 7.43. The molecule has 2 aromatic heterocycles. The highest BCUT2D eigenvalue weighted by molar-refractivity contribution is 8.00. The van der Waals surface area contributed by atoms with Gasteiger partial charge in [0, 0.05) is 10.6 Å². The highest BCUT2D eigenvalue weighted by atomic mass is 32.2. The van der Waals surface area contributed by atoms with Crippen molar-refractivity contribution in [3.05, 3.63) is 45.1 Å². The molecule has 2 atom stereocenters. The fraction of sp³-hybridized carbons (Fsp3) is 0.381. The van der Waals surface area contributed by atoms with Crippen LogP contribution in [0.5, 0.6) is 0 Å². The van der Waals surface area contributed by atoms with Crippen molar-refractivity contribution in [3.8, 4) is 0 Å². The van der Waals surface area contributed by atoms with Crippen LogP contribution in [0.1, 0.15) is 37.6 Å². The number of amides is 1. The van der Waals surface area contributed by atoms with Crippen molar-refractivity contribution in [2.45, 2.75) is 55.8 Å². The molecule has 1 aromatic carbocycles. The maximum absolute atomic E-state index is 12.8. The summed E-state index contributed by atoms with van der Waals surface area (Å²) in [5.74, 6) is 0.170. The van der Waals surface area contributed by atoms with Crippen molar-refractivity contribution in [1.82, 2.24) is 9.97 Å². The number of nitrogens with one attached hydrogen (secondary N) is 2. The van der Waals surface area contributed by atoms with Gasteiger partial charge in [-0.05, 0) is 56.0 Å². The zero-order chi connectivity index (χ0) is 23.6. The third kappa shape index (κ3) is 5.58. The number of carbonyl (C=O) groups is 1. The second-order valence-corrected chi connectivity index (χ2v) is 11.8. The van der Waals surface area contributed by atoms with Gasteiger partial charge >= 0.3 is 0 Å². The summed E-state index contributed by atoms with van der Waals surface area (Å²) in [5, 5.41) is 8.28. The molecule has 1 amide bonds. The van der Waals surface area contributed by atoms with E-state index in [0.717, 1.165) is 35.0 Å². The molecule has 4 N–H and O–H groups in total. The molecule has 0 aliphatic heterocycles. The predicted octanol–water partition coefficient (Wildman–Crippen LogP) is 3.65. The second-order valence-electron chi connectivity index (χ2n) is 7.72. The van der Waals surface area contributed by atoms with Gasteiger partial charge in [0.15, 0.2) is 5.16 Å². The summed E-state index contributed by atoms with van der Waals surface area (Å²) in [6.07, 6.45) is 1.87. The van der Waals surface area contributed by atoms with E-state index in [1.165, 1.54) is 35.6 Å². The molecule has 3 rings (SSSR count). The number of hydrogen-bond donors (Lipinski definition) is 3. The maximum atomic E-state index is 12.8. The number of H-pyrrole nitrogens is 1. The molecule has 8 nitrogen and oxygen atoms in total. The van der Waals surface area contributed by atoms with Gasteiger partial charge in [-0.2, -0.15) is 0 Å². The molecule has 11 heteroatoms. The summed E-state index contributed by atoms with van der Waals surface area (Å²) in [7, 11) is -3.79. The van der Waals surface area contributed by atoms with Gasteiger partial charge in [0.1, 0.15) is 4.83 Å². The number of nitrogens with two attached hydrogens (primary N) is 1. The fourth-order valence-corrected chi connectivity index (χ4v) is 5.57. The van der Waals surface area contributed by atoms with E-state index in [9.17, 15) is 18.0 Å². The molecular formula is C21H26N4O4S3. The summed E-state index contributed by atoms with van der Waals surface area (Å²) in [5.41, 5.74) is 1.31. The number of primary sulfonamides is 1. The number of nitrogens with zero attached hydrogens (tertiary/aromatic N) is 1. The molecule has 0 bridgehead atoms. The number of anilines is 1. The number of aromatic amines is 1. The van der Waals surface area contributed by atoms with Gasteiger partial charge in [0.2, 0.25) is 15.9 Å². The normalized spacial score (nSPS) is 13.8. The number of benzene rings is 1. The van der Waals surface area contributed by atoms with E-state index < -0.39 is 15.3 Å².